The standard InChI is InChI=1S/C22H26F3N3OS.C15H10O7.2ClH/c23-22(24,25)17-6-7-21-19(16-17)28(18-4-1-2-5-20(18)30-21)9-3-8-26-10-12-27(13-11-26)14-15-29;16-7-4-10(19)12-11(5-7)22-15(14(21)13(12)20)6-1-2-8(17)9(18)3-6;;/h1-2,4-7,16,29H,3,8-15H2;1-5,16-19,21H;2*1H. The summed E-state index contributed by atoms with van der Waals surface area (Å²) in [7, 11) is 0. The van der Waals surface area contributed by atoms with E-state index in [2.05, 4.69) is 9.80 Å². The minimum Gasteiger partial charge on any atom is -0.508 e. The Morgan fingerprint density at radius 2 is 1.39 bits per heavy atom. The molecule has 4 aromatic carbocycles. The van der Waals surface area contributed by atoms with Gasteiger partial charge in [-0.2, -0.15) is 13.2 Å². The van der Waals surface area contributed by atoms with Crippen LogP contribution in [-0.4, -0.2) is 92.9 Å². The molecule has 0 atom stereocenters. The van der Waals surface area contributed by atoms with Crippen molar-refractivity contribution in [1.82, 2.24) is 9.80 Å². The number of benzene rings is 4. The van der Waals surface area contributed by atoms with E-state index in [9.17, 15) is 43.5 Å². The van der Waals surface area contributed by atoms with Gasteiger partial charge in [0.1, 0.15) is 22.5 Å². The molecule has 5 aromatic rings. The van der Waals surface area contributed by atoms with E-state index in [4.69, 9.17) is 9.52 Å². The number of β-amino-alcohol motifs (C(OH)–C–C–N with tert-alkyl or cyclic N) is 1. The monoisotopic (exact) mass is 811 g/mol. The Bertz CT molecular complexity index is 2150. The minimum absolute atomic E-state index is 0. The fourth-order valence-electron chi connectivity index (χ4n) is 6.21. The van der Waals surface area contributed by atoms with Gasteiger partial charge in [-0.15, -0.1) is 24.8 Å². The molecule has 290 valence electrons. The van der Waals surface area contributed by atoms with Gasteiger partial charge in [-0.3, -0.25) is 9.69 Å². The summed E-state index contributed by atoms with van der Waals surface area (Å²) in [5, 5.41) is 56.7. The van der Waals surface area contributed by atoms with E-state index >= 15 is 0 Å². The Hall–Kier alpha value is -4.51. The smallest absolute Gasteiger partial charge is 0.416 e. The number of aromatic hydroxyl groups is 5. The Morgan fingerprint density at radius 1 is 0.722 bits per heavy atom. The van der Waals surface area contributed by atoms with Gasteiger partial charge in [0.25, 0.3) is 0 Å². The van der Waals surface area contributed by atoms with Crippen LogP contribution >= 0.6 is 36.6 Å². The number of rotatable bonds is 7. The Labute approximate surface area is 324 Å². The van der Waals surface area contributed by atoms with Crippen LogP contribution in [0.4, 0.5) is 24.5 Å². The highest BCUT2D eigenvalue weighted by atomic mass is 35.5. The summed E-state index contributed by atoms with van der Waals surface area (Å²) < 4.78 is 45.3. The number of hydrogen-bond acceptors (Lipinski definition) is 12. The highest BCUT2D eigenvalue weighted by Gasteiger charge is 2.33. The zero-order valence-corrected chi connectivity index (χ0v) is 30.9. The fourth-order valence-corrected chi connectivity index (χ4v) is 7.29. The molecule has 0 unspecified atom stereocenters. The van der Waals surface area contributed by atoms with Crippen molar-refractivity contribution < 1.29 is 48.2 Å². The number of piperazine rings is 1. The van der Waals surface area contributed by atoms with Crippen molar-refractivity contribution in [1.29, 1.82) is 0 Å². The van der Waals surface area contributed by atoms with E-state index in [1.807, 2.05) is 29.2 Å². The van der Waals surface area contributed by atoms with Crippen LogP contribution in [-0.2, 0) is 6.18 Å². The molecule has 0 amide bonds. The van der Waals surface area contributed by atoms with Gasteiger partial charge in [0.05, 0.1) is 23.5 Å². The highest BCUT2D eigenvalue weighted by Crippen LogP contribution is 2.49. The average Bonchev–Trinajstić information content (AvgIpc) is 3.11. The molecule has 11 nitrogen and oxygen atoms in total. The Balaban J connectivity index is 0.000000242. The molecule has 0 bridgehead atoms. The summed E-state index contributed by atoms with van der Waals surface area (Å²) in [6, 6.07) is 17.6. The lowest BCUT2D eigenvalue weighted by molar-refractivity contribution is -0.137. The molecule has 3 heterocycles. The van der Waals surface area contributed by atoms with Crippen molar-refractivity contribution in [2.75, 3.05) is 57.3 Å². The van der Waals surface area contributed by atoms with Gasteiger partial charge in [-0.05, 0) is 61.5 Å². The number of phenolic OH excluding ortho intramolecular Hbond substituents is 4. The second kappa shape index (κ2) is 17.8. The minimum atomic E-state index is -4.35. The van der Waals surface area contributed by atoms with Crippen molar-refractivity contribution in [3.05, 3.63) is 88.6 Å². The Morgan fingerprint density at radius 3 is 2.06 bits per heavy atom. The number of alkyl halides is 3. The predicted octanol–water partition coefficient (Wildman–Crippen LogP) is 7.14. The van der Waals surface area contributed by atoms with Crippen molar-refractivity contribution >= 4 is 58.9 Å². The van der Waals surface area contributed by atoms with Crippen molar-refractivity contribution in [2.24, 2.45) is 0 Å². The van der Waals surface area contributed by atoms with Crippen molar-refractivity contribution in [2.45, 2.75) is 22.4 Å². The number of aliphatic hydroxyl groups is 1. The molecule has 2 aliphatic rings. The Kier molecular flexibility index (Phi) is 13.9. The van der Waals surface area contributed by atoms with Crippen LogP contribution in [0.3, 0.4) is 0 Å². The van der Waals surface area contributed by atoms with E-state index in [0.29, 0.717) is 18.8 Å². The van der Waals surface area contributed by atoms with E-state index in [1.165, 1.54) is 30.0 Å². The molecule has 7 rings (SSSR count). The predicted molar refractivity (Wildman–Crippen MR) is 204 cm³/mol. The number of para-hydroxylation sites is 1. The van der Waals surface area contributed by atoms with Crippen LogP contribution in [0.2, 0.25) is 0 Å². The molecule has 1 aromatic heterocycles. The van der Waals surface area contributed by atoms with Gasteiger partial charge in [-0.1, -0.05) is 23.9 Å². The first-order chi connectivity index (χ1) is 24.8. The summed E-state index contributed by atoms with van der Waals surface area (Å²) in [5.41, 5.74) is 0.119. The van der Waals surface area contributed by atoms with Crippen LogP contribution in [0.25, 0.3) is 22.3 Å². The van der Waals surface area contributed by atoms with Crippen molar-refractivity contribution in [3.63, 3.8) is 0 Å². The maximum Gasteiger partial charge on any atom is 0.416 e. The second-order valence-corrected chi connectivity index (χ2v) is 13.4. The summed E-state index contributed by atoms with van der Waals surface area (Å²) in [5.74, 6) is -2.71. The zero-order chi connectivity index (χ0) is 37.2. The molecule has 0 aliphatic carbocycles. The third-order valence-corrected chi connectivity index (χ3v) is 9.99. The van der Waals surface area contributed by atoms with Gasteiger partial charge in [0.2, 0.25) is 11.2 Å². The summed E-state index contributed by atoms with van der Waals surface area (Å²) in [4.78, 5) is 20.8. The van der Waals surface area contributed by atoms with Crippen molar-refractivity contribution in [3.8, 4) is 40.1 Å². The second-order valence-electron chi connectivity index (χ2n) is 12.3. The van der Waals surface area contributed by atoms with E-state index in [0.717, 1.165) is 78.9 Å². The van der Waals surface area contributed by atoms with Crippen LogP contribution in [0.1, 0.15) is 12.0 Å². The number of phenols is 4. The third-order valence-electron chi connectivity index (χ3n) is 8.86. The van der Waals surface area contributed by atoms with Crippen LogP contribution in [0.15, 0.2) is 91.8 Å². The largest absolute Gasteiger partial charge is 0.508 e. The number of nitrogens with zero attached hydrogens (tertiary/aromatic N) is 3. The summed E-state index contributed by atoms with van der Waals surface area (Å²) >= 11 is 1.53. The molecule has 1 saturated heterocycles. The third kappa shape index (κ3) is 9.22. The van der Waals surface area contributed by atoms with Crippen LogP contribution in [0, 0.1) is 0 Å². The molecule has 0 radical (unpaired) electrons. The first-order valence-electron chi connectivity index (χ1n) is 16.4. The molecular formula is C37H38Cl2F3N3O8S. The lowest BCUT2D eigenvalue weighted by atomic mass is 10.1. The normalized spacial score (nSPS) is 14.3. The molecule has 1 fully saturated rings. The van der Waals surface area contributed by atoms with Crippen LogP contribution < -0.4 is 10.3 Å². The van der Waals surface area contributed by atoms with E-state index < -0.39 is 34.4 Å². The van der Waals surface area contributed by atoms with Crippen LogP contribution in [0.5, 0.6) is 28.7 Å². The number of fused-ring (bicyclic) bond motifs is 3. The molecule has 2 aliphatic heterocycles. The molecule has 0 spiro atoms. The number of anilines is 2. The maximum atomic E-state index is 13.3. The van der Waals surface area contributed by atoms with E-state index in [-0.39, 0.29) is 65.2 Å². The molecule has 54 heavy (non-hydrogen) atoms. The average molecular weight is 813 g/mol. The molecule has 17 heteroatoms. The topological polar surface area (TPSA) is 161 Å². The fraction of sp³-hybridized carbons (Fsp3) is 0.270. The van der Waals surface area contributed by atoms with Gasteiger partial charge in [-0.25, -0.2) is 0 Å². The highest BCUT2D eigenvalue weighted by molar-refractivity contribution is 7.99. The first kappa shape index (κ1) is 42.2. The molecule has 0 saturated carbocycles. The number of aliphatic hydroxyl groups excluding tert-OH is 1. The van der Waals surface area contributed by atoms with Gasteiger partial charge >= 0.3 is 6.18 Å². The molecular weight excluding hydrogens is 774 g/mol. The molecule has 6 N–H and O–H groups in total. The lowest BCUT2D eigenvalue weighted by Crippen LogP contribution is -2.47. The lowest BCUT2D eigenvalue weighted by Gasteiger charge is -2.36. The maximum absolute atomic E-state index is 13.3. The van der Waals surface area contributed by atoms with E-state index in [1.54, 1.807) is 6.07 Å². The number of hydrogen-bond donors (Lipinski definition) is 6. The first-order valence-corrected chi connectivity index (χ1v) is 17.2. The SMILES string of the molecule is Cl.Cl.O=c1c(O)c(-c2ccc(O)c(O)c2)oc2cc(O)cc(O)c12.OCCN1CCN(CCCN2c3ccccc3Sc3ccc(C(F)(F)F)cc32)CC1. The van der Waals surface area contributed by atoms with Gasteiger partial charge < -0.3 is 44.9 Å². The van der Waals surface area contributed by atoms with Gasteiger partial charge in [0, 0.05) is 66.8 Å². The number of halogens is 5. The quantitative estimate of drug-likeness (QED) is 0.0924. The zero-order valence-electron chi connectivity index (χ0n) is 28.5. The summed E-state index contributed by atoms with van der Waals surface area (Å²) in [6.07, 6.45) is -3.48. The van der Waals surface area contributed by atoms with Gasteiger partial charge in [0.15, 0.2) is 17.3 Å². The summed E-state index contributed by atoms with van der Waals surface area (Å²) in [6.45, 7) is 6.29.